The summed E-state index contributed by atoms with van der Waals surface area (Å²) in [5.41, 5.74) is 3.03. The van der Waals surface area contributed by atoms with Crippen molar-refractivity contribution in [2.45, 2.75) is 31.8 Å². The Kier molecular flexibility index (Phi) is 1.88. The van der Waals surface area contributed by atoms with E-state index in [-0.39, 0.29) is 6.10 Å². The lowest BCUT2D eigenvalue weighted by molar-refractivity contribution is 0.182. The lowest BCUT2D eigenvalue weighted by Gasteiger charge is -2.35. The summed E-state index contributed by atoms with van der Waals surface area (Å²) in [4.78, 5) is 0. The maximum Gasteiger partial charge on any atom is 0.0609 e. The van der Waals surface area contributed by atoms with Crippen molar-refractivity contribution in [3.63, 3.8) is 0 Å². The Labute approximate surface area is 84.8 Å². The van der Waals surface area contributed by atoms with Crippen molar-refractivity contribution in [2.24, 2.45) is 11.8 Å². The molecule has 0 spiro atoms. The van der Waals surface area contributed by atoms with Crippen molar-refractivity contribution in [3.8, 4) is 0 Å². The van der Waals surface area contributed by atoms with Crippen molar-refractivity contribution < 1.29 is 5.11 Å². The predicted octanol–water partition coefficient (Wildman–Crippen LogP) is 2.59. The SMILES string of the molecule is OC1CC=C2C(=CC1)[C@H]1C=C[C@@H]2CC1. The summed E-state index contributed by atoms with van der Waals surface area (Å²) < 4.78 is 0. The monoisotopic (exact) mass is 188 g/mol. The molecular weight excluding hydrogens is 172 g/mol. The summed E-state index contributed by atoms with van der Waals surface area (Å²) in [7, 11) is 0. The van der Waals surface area contributed by atoms with E-state index in [9.17, 15) is 5.11 Å². The first kappa shape index (κ1) is 8.49. The Hall–Kier alpha value is -0.820. The quantitative estimate of drug-likeness (QED) is 0.579. The minimum absolute atomic E-state index is 0.153. The van der Waals surface area contributed by atoms with Crippen molar-refractivity contribution in [3.05, 3.63) is 35.5 Å². The number of hydrogen-bond donors (Lipinski definition) is 1. The third kappa shape index (κ3) is 1.19. The summed E-state index contributed by atoms with van der Waals surface area (Å²) in [5.74, 6) is 1.30. The van der Waals surface area contributed by atoms with E-state index in [1.807, 2.05) is 0 Å². The van der Waals surface area contributed by atoms with E-state index < -0.39 is 0 Å². The lowest BCUT2D eigenvalue weighted by Crippen LogP contribution is -2.22. The van der Waals surface area contributed by atoms with Gasteiger partial charge >= 0.3 is 0 Å². The largest absolute Gasteiger partial charge is 0.392 e. The Morgan fingerprint density at radius 1 is 0.929 bits per heavy atom. The predicted molar refractivity (Wildman–Crippen MR) is 56.8 cm³/mol. The fraction of sp³-hybridized carbons (Fsp3) is 0.538. The van der Waals surface area contributed by atoms with Crippen molar-refractivity contribution >= 4 is 0 Å². The van der Waals surface area contributed by atoms with Crippen LogP contribution in [0.4, 0.5) is 0 Å². The number of rotatable bonds is 0. The van der Waals surface area contributed by atoms with Gasteiger partial charge in [-0.3, -0.25) is 0 Å². The third-order valence-corrected chi connectivity index (χ3v) is 3.72. The molecule has 1 fully saturated rings. The van der Waals surface area contributed by atoms with Crippen LogP contribution in [0.3, 0.4) is 0 Å². The lowest BCUT2D eigenvalue weighted by atomic mass is 9.69. The summed E-state index contributed by atoms with van der Waals surface area (Å²) >= 11 is 0. The third-order valence-electron chi connectivity index (χ3n) is 3.72. The first-order valence-corrected chi connectivity index (χ1v) is 5.61. The summed E-state index contributed by atoms with van der Waals surface area (Å²) in [6, 6.07) is 0. The Balaban J connectivity index is 2.04. The van der Waals surface area contributed by atoms with Gasteiger partial charge in [0.25, 0.3) is 0 Å². The van der Waals surface area contributed by atoms with Crippen LogP contribution in [0.25, 0.3) is 0 Å². The van der Waals surface area contributed by atoms with Gasteiger partial charge in [-0.05, 0) is 36.8 Å². The second kappa shape index (κ2) is 3.09. The van der Waals surface area contributed by atoms with Gasteiger partial charge in [-0.15, -0.1) is 0 Å². The van der Waals surface area contributed by atoms with Gasteiger partial charge in [-0.1, -0.05) is 24.3 Å². The minimum Gasteiger partial charge on any atom is -0.392 e. The summed E-state index contributed by atoms with van der Waals surface area (Å²) in [6.07, 6.45) is 13.4. The highest BCUT2D eigenvalue weighted by atomic mass is 16.3. The molecule has 0 radical (unpaired) electrons. The van der Waals surface area contributed by atoms with E-state index in [4.69, 9.17) is 0 Å². The first-order valence-electron chi connectivity index (χ1n) is 5.61. The number of aliphatic hydroxyl groups is 1. The molecule has 74 valence electrons. The zero-order valence-corrected chi connectivity index (χ0v) is 8.32. The van der Waals surface area contributed by atoms with E-state index in [0.29, 0.717) is 11.8 Å². The van der Waals surface area contributed by atoms with Crippen LogP contribution in [0.5, 0.6) is 0 Å². The Bertz CT molecular complexity index is 303. The molecule has 1 N–H and O–H groups in total. The van der Waals surface area contributed by atoms with Gasteiger partial charge in [-0.2, -0.15) is 0 Å². The highest BCUT2D eigenvalue weighted by molar-refractivity contribution is 5.45. The topological polar surface area (TPSA) is 20.2 Å². The van der Waals surface area contributed by atoms with Crippen molar-refractivity contribution in [2.75, 3.05) is 0 Å². The molecule has 0 saturated heterocycles. The van der Waals surface area contributed by atoms with Crippen molar-refractivity contribution in [1.29, 1.82) is 0 Å². The molecule has 0 aliphatic heterocycles. The number of allylic oxidation sites excluding steroid dienone is 4. The highest BCUT2D eigenvalue weighted by Crippen LogP contribution is 2.45. The van der Waals surface area contributed by atoms with Gasteiger partial charge < -0.3 is 5.11 Å². The first-order chi connectivity index (χ1) is 6.84. The van der Waals surface area contributed by atoms with Gasteiger partial charge in [0.1, 0.15) is 0 Å². The molecule has 4 aliphatic carbocycles. The average Bonchev–Trinajstić information content (AvgIpc) is 2.44. The molecule has 2 bridgehead atoms. The molecule has 0 aromatic heterocycles. The van der Waals surface area contributed by atoms with E-state index in [0.717, 1.165) is 12.8 Å². The van der Waals surface area contributed by atoms with Gasteiger partial charge in [-0.25, -0.2) is 0 Å². The number of hydrogen-bond acceptors (Lipinski definition) is 1. The standard InChI is InChI=1S/C13H16O/c14-11-5-7-12-9-1-2-10(4-3-9)13(12)8-6-11/h1-2,7-11,14H,3-6H2/t9-,10+,11?. The molecule has 0 heterocycles. The van der Waals surface area contributed by atoms with Crippen LogP contribution in [-0.4, -0.2) is 11.2 Å². The normalized spacial score (nSPS) is 39.9. The molecule has 1 saturated carbocycles. The smallest absolute Gasteiger partial charge is 0.0609 e. The molecule has 1 heteroatoms. The maximum absolute atomic E-state index is 9.62. The second-order valence-electron chi connectivity index (χ2n) is 4.62. The van der Waals surface area contributed by atoms with E-state index in [1.165, 1.54) is 24.0 Å². The zero-order valence-electron chi connectivity index (χ0n) is 8.32. The summed E-state index contributed by atoms with van der Waals surface area (Å²) in [5, 5.41) is 9.62. The van der Waals surface area contributed by atoms with Gasteiger partial charge in [0.15, 0.2) is 0 Å². The molecule has 0 aromatic carbocycles. The van der Waals surface area contributed by atoms with E-state index >= 15 is 0 Å². The fourth-order valence-electron chi connectivity index (χ4n) is 2.93. The Morgan fingerprint density at radius 3 is 1.86 bits per heavy atom. The second-order valence-corrected chi connectivity index (χ2v) is 4.62. The highest BCUT2D eigenvalue weighted by Gasteiger charge is 2.32. The van der Waals surface area contributed by atoms with Crippen LogP contribution in [0.1, 0.15) is 25.7 Å². The van der Waals surface area contributed by atoms with Crippen LogP contribution in [0.2, 0.25) is 0 Å². The van der Waals surface area contributed by atoms with E-state index in [1.54, 1.807) is 0 Å². The molecule has 1 unspecified atom stereocenters. The fourth-order valence-corrected chi connectivity index (χ4v) is 2.93. The zero-order chi connectivity index (χ0) is 9.54. The van der Waals surface area contributed by atoms with Crippen LogP contribution < -0.4 is 0 Å². The molecule has 4 aliphatic rings. The van der Waals surface area contributed by atoms with Crippen LogP contribution >= 0.6 is 0 Å². The van der Waals surface area contributed by atoms with Gasteiger partial charge in [0.2, 0.25) is 0 Å². The van der Waals surface area contributed by atoms with Crippen LogP contribution in [0.15, 0.2) is 35.5 Å². The molecule has 0 amide bonds. The molecule has 0 aromatic rings. The molecule has 14 heavy (non-hydrogen) atoms. The Morgan fingerprint density at radius 2 is 1.43 bits per heavy atom. The van der Waals surface area contributed by atoms with Crippen LogP contribution in [-0.2, 0) is 0 Å². The van der Waals surface area contributed by atoms with E-state index in [2.05, 4.69) is 24.3 Å². The molecule has 4 rings (SSSR count). The molecule has 1 nitrogen and oxygen atoms in total. The van der Waals surface area contributed by atoms with Crippen molar-refractivity contribution in [1.82, 2.24) is 0 Å². The van der Waals surface area contributed by atoms with Gasteiger partial charge in [0, 0.05) is 11.8 Å². The van der Waals surface area contributed by atoms with Gasteiger partial charge in [0.05, 0.1) is 6.10 Å². The summed E-state index contributed by atoms with van der Waals surface area (Å²) in [6.45, 7) is 0. The minimum atomic E-state index is -0.153. The molecule has 3 atom stereocenters. The number of fused-ring (bicyclic) bond motifs is 1. The maximum atomic E-state index is 9.62. The average molecular weight is 188 g/mol. The molecular formula is C13H16O. The number of aliphatic hydroxyl groups excluding tert-OH is 1. The van der Waals surface area contributed by atoms with Crippen LogP contribution in [0, 0.1) is 11.8 Å².